The molecule has 0 amide bonds. The van der Waals surface area contributed by atoms with Gasteiger partial charge in [0.2, 0.25) is 0 Å². The zero-order valence-electron chi connectivity index (χ0n) is 12.0. The molecule has 0 aromatic carbocycles. The van der Waals surface area contributed by atoms with Gasteiger partial charge in [-0.2, -0.15) is 10.4 Å². The average molecular weight is 272 g/mol. The summed E-state index contributed by atoms with van der Waals surface area (Å²) in [5.74, 6) is -0.396. The number of fused-ring (bicyclic) bond motifs is 1. The Morgan fingerprint density at radius 2 is 2.20 bits per heavy atom. The summed E-state index contributed by atoms with van der Waals surface area (Å²) in [6.07, 6.45) is 1.61. The van der Waals surface area contributed by atoms with Crippen LogP contribution >= 0.6 is 0 Å². The minimum Gasteiger partial charge on any atom is -0.459 e. The number of ether oxygens (including phenoxy) is 1. The van der Waals surface area contributed by atoms with E-state index in [9.17, 15) is 4.79 Å². The summed E-state index contributed by atoms with van der Waals surface area (Å²) in [7, 11) is 0. The molecule has 0 N–H and O–H groups in total. The highest BCUT2D eigenvalue weighted by molar-refractivity contribution is 5.85. The van der Waals surface area contributed by atoms with E-state index in [4.69, 9.17) is 10.00 Å². The van der Waals surface area contributed by atoms with Crippen LogP contribution in [0, 0.1) is 18.3 Å². The molecule has 20 heavy (non-hydrogen) atoms. The number of esters is 1. The Hall–Kier alpha value is -2.42. The Morgan fingerprint density at radius 1 is 1.50 bits per heavy atom. The predicted octanol–water partition coefficient (Wildman–Crippen LogP) is 1.95. The first-order valence-corrected chi connectivity index (χ1v) is 6.25. The fourth-order valence-electron chi connectivity index (χ4n) is 1.88. The van der Waals surface area contributed by atoms with E-state index in [2.05, 4.69) is 10.1 Å². The van der Waals surface area contributed by atoms with E-state index in [-0.39, 0.29) is 12.2 Å². The lowest BCUT2D eigenvalue weighted by atomic mass is 10.2. The van der Waals surface area contributed by atoms with E-state index < -0.39 is 11.6 Å². The van der Waals surface area contributed by atoms with E-state index in [1.165, 1.54) is 4.68 Å². The van der Waals surface area contributed by atoms with Crippen molar-refractivity contribution in [2.24, 2.45) is 0 Å². The predicted molar refractivity (Wildman–Crippen MR) is 72.8 cm³/mol. The Kier molecular flexibility index (Phi) is 3.45. The van der Waals surface area contributed by atoms with Crippen LogP contribution in [0.2, 0.25) is 0 Å². The average Bonchev–Trinajstić information content (AvgIpc) is 2.64. The van der Waals surface area contributed by atoms with Gasteiger partial charge < -0.3 is 4.74 Å². The van der Waals surface area contributed by atoms with Crippen LogP contribution in [-0.2, 0) is 16.1 Å². The van der Waals surface area contributed by atoms with Crippen molar-refractivity contribution in [1.82, 2.24) is 14.8 Å². The Morgan fingerprint density at radius 3 is 2.80 bits per heavy atom. The third-order valence-electron chi connectivity index (χ3n) is 2.58. The van der Waals surface area contributed by atoms with Gasteiger partial charge in [-0.1, -0.05) is 0 Å². The molecular formula is C14H16N4O2. The van der Waals surface area contributed by atoms with Gasteiger partial charge in [0.1, 0.15) is 18.2 Å². The molecular weight excluding hydrogens is 256 g/mol. The van der Waals surface area contributed by atoms with Gasteiger partial charge in [0.25, 0.3) is 0 Å². The highest BCUT2D eigenvalue weighted by Crippen LogP contribution is 2.18. The fraction of sp³-hybridized carbons (Fsp3) is 0.429. The van der Waals surface area contributed by atoms with E-state index >= 15 is 0 Å². The smallest absolute Gasteiger partial charge is 0.328 e. The second-order valence-corrected chi connectivity index (χ2v) is 5.55. The summed E-state index contributed by atoms with van der Waals surface area (Å²) < 4.78 is 6.71. The van der Waals surface area contributed by atoms with Crippen molar-refractivity contribution in [3.8, 4) is 6.07 Å². The monoisotopic (exact) mass is 272 g/mol. The number of rotatable bonds is 2. The van der Waals surface area contributed by atoms with Crippen molar-refractivity contribution in [2.75, 3.05) is 0 Å². The summed E-state index contributed by atoms with van der Waals surface area (Å²) in [5.41, 5.74) is 1.19. The molecule has 0 saturated carbocycles. The van der Waals surface area contributed by atoms with Crippen LogP contribution in [0.1, 0.15) is 32.2 Å². The zero-order chi connectivity index (χ0) is 14.9. The molecule has 2 aromatic rings. The van der Waals surface area contributed by atoms with Crippen molar-refractivity contribution < 1.29 is 9.53 Å². The highest BCUT2D eigenvalue weighted by Gasteiger charge is 2.19. The lowest BCUT2D eigenvalue weighted by Crippen LogP contribution is -2.26. The van der Waals surface area contributed by atoms with Gasteiger partial charge in [-0.05, 0) is 33.8 Å². The van der Waals surface area contributed by atoms with Crippen LogP contribution in [0.5, 0.6) is 0 Å². The van der Waals surface area contributed by atoms with E-state index in [0.717, 1.165) is 5.69 Å². The lowest BCUT2D eigenvalue weighted by Gasteiger charge is -2.19. The van der Waals surface area contributed by atoms with Crippen LogP contribution < -0.4 is 0 Å². The molecule has 2 aromatic heterocycles. The van der Waals surface area contributed by atoms with Gasteiger partial charge in [0, 0.05) is 11.1 Å². The summed E-state index contributed by atoms with van der Waals surface area (Å²) in [5, 5.41) is 13.9. The first-order valence-electron chi connectivity index (χ1n) is 6.25. The molecule has 2 rings (SSSR count). The molecule has 104 valence electrons. The largest absolute Gasteiger partial charge is 0.459 e. The van der Waals surface area contributed by atoms with Crippen molar-refractivity contribution in [1.29, 1.82) is 5.26 Å². The molecule has 2 heterocycles. The molecule has 0 fully saturated rings. The maximum Gasteiger partial charge on any atom is 0.328 e. The minimum absolute atomic E-state index is 0.0415. The molecule has 0 bridgehead atoms. The minimum atomic E-state index is -0.549. The van der Waals surface area contributed by atoms with Crippen molar-refractivity contribution in [3.63, 3.8) is 0 Å². The van der Waals surface area contributed by atoms with Gasteiger partial charge in [-0.3, -0.25) is 14.5 Å². The second-order valence-electron chi connectivity index (χ2n) is 5.55. The van der Waals surface area contributed by atoms with E-state index in [1.807, 2.05) is 13.0 Å². The van der Waals surface area contributed by atoms with Crippen LogP contribution in [-0.4, -0.2) is 26.3 Å². The van der Waals surface area contributed by atoms with Crippen LogP contribution in [0.25, 0.3) is 10.9 Å². The normalized spacial score (nSPS) is 11.3. The maximum atomic E-state index is 11.8. The number of carbonyl (C=O) groups excluding carboxylic acids is 1. The molecule has 6 nitrogen and oxygen atoms in total. The van der Waals surface area contributed by atoms with Gasteiger partial charge in [-0.25, -0.2) is 0 Å². The van der Waals surface area contributed by atoms with Gasteiger partial charge in [-0.15, -0.1) is 0 Å². The van der Waals surface area contributed by atoms with Crippen LogP contribution in [0.4, 0.5) is 0 Å². The number of hydrogen-bond acceptors (Lipinski definition) is 5. The Balaban J connectivity index is 2.36. The number of pyridine rings is 1. The molecule has 6 heteroatoms. The molecule has 0 unspecified atom stereocenters. The second kappa shape index (κ2) is 4.93. The zero-order valence-corrected chi connectivity index (χ0v) is 12.0. The molecule has 0 radical (unpaired) electrons. The number of nitrogens with zero attached hydrogens (tertiary/aromatic N) is 4. The van der Waals surface area contributed by atoms with Gasteiger partial charge >= 0.3 is 5.97 Å². The molecule has 0 aliphatic rings. The summed E-state index contributed by atoms with van der Waals surface area (Å²) >= 11 is 0. The van der Waals surface area contributed by atoms with Crippen LogP contribution in [0.15, 0.2) is 12.3 Å². The summed E-state index contributed by atoms with van der Waals surface area (Å²) in [6.45, 7) is 7.21. The third kappa shape index (κ3) is 2.94. The standard InChI is InChI=1S/C14H16N4O2/c1-9-5-10-11(6-15)17-18(12(10)7-16-9)8-13(19)20-14(2,3)4/h5,7H,8H2,1-4H3. The molecule has 0 spiro atoms. The summed E-state index contributed by atoms with van der Waals surface area (Å²) in [6, 6.07) is 3.81. The van der Waals surface area contributed by atoms with E-state index in [0.29, 0.717) is 10.9 Å². The number of nitriles is 1. The fourth-order valence-corrected chi connectivity index (χ4v) is 1.88. The number of carbonyl (C=O) groups is 1. The first-order chi connectivity index (χ1) is 9.30. The molecule has 0 saturated heterocycles. The first kappa shape index (κ1) is 14.0. The highest BCUT2D eigenvalue weighted by atomic mass is 16.6. The van der Waals surface area contributed by atoms with E-state index in [1.54, 1.807) is 33.0 Å². The number of aryl methyl sites for hydroxylation is 1. The number of hydrogen-bond donors (Lipinski definition) is 0. The quantitative estimate of drug-likeness (QED) is 0.780. The van der Waals surface area contributed by atoms with Crippen molar-refractivity contribution >= 4 is 16.9 Å². The number of aromatic nitrogens is 3. The molecule has 0 aliphatic carbocycles. The van der Waals surface area contributed by atoms with Gasteiger partial charge in [0.15, 0.2) is 5.69 Å². The maximum absolute atomic E-state index is 11.8. The summed E-state index contributed by atoms with van der Waals surface area (Å²) in [4.78, 5) is 16.0. The van der Waals surface area contributed by atoms with Crippen LogP contribution in [0.3, 0.4) is 0 Å². The van der Waals surface area contributed by atoms with Crippen molar-refractivity contribution in [3.05, 3.63) is 23.7 Å². The molecule has 0 atom stereocenters. The molecule has 0 aliphatic heterocycles. The van der Waals surface area contributed by atoms with Crippen molar-refractivity contribution in [2.45, 2.75) is 39.8 Å². The topological polar surface area (TPSA) is 80.8 Å². The Labute approximate surface area is 117 Å². The Bertz CT molecular complexity index is 704. The SMILES string of the molecule is Cc1cc2c(C#N)nn(CC(=O)OC(C)(C)C)c2cn1. The van der Waals surface area contributed by atoms with Gasteiger partial charge in [0.05, 0.1) is 11.7 Å². The third-order valence-corrected chi connectivity index (χ3v) is 2.58. The lowest BCUT2D eigenvalue weighted by molar-refractivity contribution is -0.155.